The number of nitrogens with zero attached hydrogens (tertiary/aromatic N) is 5. The number of rotatable bonds is 4. The van der Waals surface area contributed by atoms with Crippen LogP contribution in [0.25, 0.3) is 88.8 Å². The summed E-state index contributed by atoms with van der Waals surface area (Å²) in [6, 6.07) is 49.7. The van der Waals surface area contributed by atoms with Gasteiger partial charge in [-0.15, -0.1) is 0 Å². The van der Waals surface area contributed by atoms with Gasteiger partial charge in [0.25, 0.3) is 0 Å². The van der Waals surface area contributed by atoms with Crippen molar-refractivity contribution in [3.8, 4) is 45.4 Å². The van der Waals surface area contributed by atoms with Gasteiger partial charge in [-0.3, -0.25) is 4.98 Å². The molecule has 9 rings (SSSR count). The van der Waals surface area contributed by atoms with Crippen LogP contribution in [0.2, 0.25) is 0 Å². The van der Waals surface area contributed by atoms with Gasteiger partial charge >= 0.3 is 0 Å². The monoisotopic (exact) mass is 587 g/mol. The maximum Gasteiger partial charge on any atom is 0.179 e. The molecule has 0 radical (unpaired) electrons. The van der Waals surface area contributed by atoms with Crippen molar-refractivity contribution in [2.75, 3.05) is 0 Å². The van der Waals surface area contributed by atoms with Crippen molar-refractivity contribution in [3.63, 3.8) is 0 Å². The maximum absolute atomic E-state index is 5.17. The van der Waals surface area contributed by atoms with E-state index in [0.717, 1.165) is 71.4 Å². The fourth-order valence-corrected chi connectivity index (χ4v) is 6.30. The van der Waals surface area contributed by atoms with Gasteiger partial charge in [-0.05, 0) is 35.0 Å². The minimum atomic E-state index is 0.555. The molecule has 5 heteroatoms. The van der Waals surface area contributed by atoms with Gasteiger partial charge in [0.1, 0.15) is 5.69 Å². The van der Waals surface area contributed by atoms with Gasteiger partial charge in [0.15, 0.2) is 11.6 Å². The quantitative estimate of drug-likeness (QED) is 0.192. The molecule has 0 N–H and O–H groups in total. The Labute approximate surface area is 264 Å². The zero-order chi connectivity index (χ0) is 30.5. The second-order valence-corrected chi connectivity index (χ2v) is 11.3. The predicted octanol–water partition coefficient (Wildman–Crippen LogP) is 9.94. The van der Waals surface area contributed by atoms with Crippen molar-refractivity contribution in [1.82, 2.24) is 24.9 Å². The summed E-state index contributed by atoms with van der Waals surface area (Å²) in [5.74, 6) is 1.18. The summed E-state index contributed by atoms with van der Waals surface area (Å²) in [6.07, 6.45) is 1.79. The highest BCUT2D eigenvalue weighted by atomic mass is 14.9. The normalized spacial score (nSPS) is 11.5. The van der Waals surface area contributed by atoms with E-state index in [-0.39, 0.29) is 0 Å². The van der Waals surface area contributed by atoms with E-state index < -0.39 is 0 Å². The molecular weight excluding hydrogens is 562 g/mol. The molecular formula is C41H25N5. The number of aromatic nitrogens is 5. The van der Waals surface area contributed by atoms with Crippen LogP contribution in [-0.2, 0) is 0 Å². The second-order valence-electron chi connectivity index (χ2n) is 11.3. The van der Waals surface area contributed by atoms with Crippen LogP contribution < -0.4 is 0 Å². The third-order valence-corrected chi connectivity index (χ3v) is 8.52. The number of pyridine rings is 1. The van der Waals surface area contributed by atoms with Crippen LogP contribution in [0.4, 0.5) is 0 Å². The Morgan fingerprint density at radius 2 is 0.848 bits per heavy atom. The van der Waals surface area contributed by atoms with E-state index in [1.54, 1.807) is 6.20 Å². The van der Waals surface area contributed by atoms with Gasteiger partial charge in [-0.2, -0.15) is 0 Å². The van der Waals surface area contributed by atoms with Crippen LogP contribution in [0.15, 0.2) is 152 Å². The van der Waals surface area contributed by atoms with Gasteiger partial charge in [0.05, 0.1) is 22.4 Å². The summed E-state index contributed by atoms with van der Waals surface area (Å²) in [5.41, 5.74) is 7.15. The Morgan fingerprint density at radius 3 is 1.43 bits per heavy atom. The van der Waals surface area contributed by atoms with Gasteiger partial charge in [0.2, 0.25) is 0 Å². The lowest BCUT2D eigenvalue weighted by Crippen LogP contribution is -1.99. The Bertz CT molecular complexity index is 2400. The zero-order valence-electron chi connectivity index (χ0n) is 24.7. The molecule has 0 saturated carbocycles. The molecule has 0 aliphatic carbocycles. The standard InChI is InChI=1S/C41H25N5/c1-3-13-28(14-4-1)36-33-21-19-26-11-7-9-17-31(26)38(33)45-40(43-36)30-23-24-42-35(25-30)41-44-37(29-15-5-2-6-16-29)34-22-20-27-12-8-10-18-32(27)39(34)46-41/h1-25H. The number of fused-ring (bicyclic) bond motifs is 6. The number of hydrogen-bond donors (Lipinski definition) is 0. The molecule has 0 spiro atoms. The minimum Gasteiger partial charge on any atom is -0.253 e. The van der Waals surface area contributed by atoms with Crippen LogP contribution >= 0.6 is 0 Å². The van der Waals surface area contributed by atoms with Crippen LogP contribution in [0, 0.1) is 0 Å². The molecule has 0 aliphatic heterocycles. The lowest BCUT2D eigenvalue weighted by atomic mass is 10.0. The molecule has 6 aromatic carbocycles. The van der Waals surface area contributed by atoms with Crippen LogP contribution in [0.3, 0.4) is 0 Å². The Morgan fingerprint density at radius 1 is 0.348 bits per heavy atom. The number of hydrogen-bond acceptors (Lipinski definition) is 5. The average molecular weight is 588 g/mol. The van der Waals surface area contributed by atoms with Crippen molar-refractivity contribution in [3.05, 3.63) is 152 Å². The first-order valence-corrected chi connectivity index (χ1v) is 15.3. The molecule has 0 unspecified atom stereocenters. The van der Waals surface area contributed by atoms with Crippen molar-refractivity contribution in [2.45, 2.75) is 0 Å². The summed E-state index contributed by atoms with van der Waals surface area (Å²) >= 11 is 0. The van der Waals surface area contributed by atoms with E-state index in [1.807, 2.05) is 48.5 Å². The van der Waals surface area contributed by atoms with Crippen LogP contribution in [0.5, 0.6) is 0 Å². The third kappa shape index (κ3) is 4.37. The molecule has 0 amide bonds. The topological polar surface area (TPSA) is 64.5 Å². The molecule has 214 valence electrons. The first kappa shape index (κ1) is 26.1. The highest BCUT2D eigenvalue weighted by molar-refractivity contribution is 6.11. The Kier molecular flexibility index (Phi) is 6.06. The van der Waals surface area contributed by atoms with Crippen LogP contribution in [-0.4, -0.2) is 24.9 Å². The minimum absolute atomic E-state index is 0.555. The van der Waals surface area contributed by atoms with Crippen molar-refractivity contribution in [1.29, 1.82) is 0 Å². The van der Waals surface area contributed by atoms with Crippen molar-refractivity contribution < 1.29 is 0 Å². The first-order valence-electron chi connectivity index (χ1n) is 15.3. The van der Waals surface area contributed by atoms with E-state index in [4.69, 9.17) is 24.9 Å². The van der Waals surface area contributed by atoms with Crippen molar-refractivity contribution in [2.24, 2.45) is 0 Å². The predicted molar refractivity (Wildman–Crippen MR) is 187 cm³/mol. The second kappa shape index (κ2) is 10.7. The highest BCUT2D eigenvalue weighted by Crippen LogP contribution is 2.35. The van der Waals surface area contributed by atoms with Gasteiger partial charge < -0.3 is 0 Å². The summed E-state index contributed by atoms with van der Waals surface area (Å²) in [7, 11) is 0. The van der Waals surface area contributed by atoms with Crippen molar-refractivity contribution >= 4 is 43.4 Å². The molecule has 46 heavy (non-hydrogen) atoms. The highest BCUT2D eigenvalue weighted by Gasteiger charge is 2.17. The van der Waals surface area contributed by atoms with E-state index in [2.05, 4.69) is 97.1 Å². The molecule has 9 aromatic rings. The lowest BCUT2D eigenvalue weighted by Gasteiger charge is -2.13. The summed E-state index contributed by atoms with van der Waals surface area (Å²) in [6.45, 7) is 0. The maximum atomic E-state index is 5.17. The van der Waals surface area contributed by atoms with Crippen LogP contribution in [0.1, 0.15) is 0 Å². The van der Waals surface area contributed by atoms with E-state index in [1.165, 1.54) is 0 Å². The molecule has 3 aromatic heterocycles. The SMILES string of the molecule is c1ccc(-c2nc(-c3ccnc(-c4nc(-c5ccccc5)c5ccc6ccccc6c5n4)c3)nc3c2ccc2ccccc23)cc1. The lowest BCUT2D eigenvalue weighted by molar-refractivity contribution is 1.17. The zero-order valence-corrected chi connectivity index (χ0v) is 24.7. The largest absolute Gasteiger partial charge is 0.253 e. The van der Waals surface area contributed by atoms with E-state index in [9.17, 15) is 0 Å². The Balaban J connectivity index is 1.28. The fourth-order valence-electron chi connectivity index (χ4n) is 6.30. The fraction of sp³-hybridized carbons (Fsp3) is 0. The molecule has 5 nitrogen and oxygen atoms in total. The molecule has 3 heterocycles. The molecule has 0 aliphatic rings. The molecule has 0 fully saturated rings. The molecule has 0 bridgehead atoms. The van der Waals surface area contributed by atoms with Gasteiger partial charge in [-0.1, -0.05) is 121 Å². The summed E-state index contributed by atoms with van der Waals surface area (Å²) in [4.78, 5) is 25.4. The summed E-state index contributed by atoms with van der Waals surface area (Å²) in [5, 5.41) is 6.45. The Hall–Kier alpha value is -6.33. The molecule has 0 atom stereocenters. The van der Waals surface area contributed by atoms with E-state index in [0.29, 0.717) is 17.3 Å². The first-order chi connectivity index (χ1) is 22.8. The van der Waals surface area contributed by atoms with E-state index >= 15 is 0 Å². The average Bonchev–Trinajstić information content (AvgIpc) is 3.14. The summed E-state index contributed by atoms with van der Waals surface area (Å²) < 4.78 is 0. The number of benzene rings is 6. The van der Waals surface area contributed by atoms with Gasteiger partial charge in [0, 0.05) is 44.4 Å². The molecule has 0 saturated heterocycles. The third-order valence-electron chi connectivity index (χ3n) is 8.52. The van der Waals surface area contributed by atoms with Gasteiger partial charge in [-0.25, -0.2) is 19.9 Å². The smallest absolute Gasteiger partial charge is 0.179 e.